The van der Waals surface area contributed by atoms with Crippen molar-refractivity contribution in [2.75, 3.05) is 23.3 Å². The van der Waals surface area contributed by atoms with Gasteiger partial charge in [-0.25, -0.2) is 4.98 Å². The van der Waals surface area contributed by atoms with Crippen LogP contribution in [0.4, 0.5) is 20.3 Å². The lowest BCUT2D eigenvalue weighted by Gasteiger charge is -2.35. The van der Waals surface area contributed by atoms with E-state index in [4.69, 9.17) is 0 Å². The molecule has 5 nitrogen and oxygen atoms in total. The minimum Gasteiger partial charge on any atom is -0.435 e. The van der Waals surface area contributed by atoms with E-state index >= 15 is 0 Å². The summed E-state index contributed by atoms with van der Waals surface area (Å²) in [5.41, 5.74) is 0.997. The van der Waals surface area contributed by atoms with Crippen LogP contribution < -0.4 is 15.0 Å². The lowest BCUT2D eigenvalue weighted by atomic mass is 10.0. The molecule has 1 saturated heterocycles. The van der Waals surface area contributed by atoms with Crippen molar-refractivity contribution >= 4 is 11.5 Å². The molecule has 1 N–H and O–H groups in total. The van der Waals surface area contributed by atoms with Crippen molar-refractivity contribution in [2.24, 2.45) is 0 Å². The van der Waals surface area contributed by atoms with Gasteiger partial charge in [0.05, 0.1) is 6.20 Å². The predicted molar refractivity (Wildman–Crippen MR) is 84.0 cm³/mol. The summed E-state index contributed by atoms with van der Waals surface area (Å²) in [6.45, 7) is -1.03. The van der Waals surface area contributed by atoms with Gasteiger partial charge in [-0.05, 0) is 37.1 Å². The van der Waals surface area contributed by atoms with Crippen LogP contribution in [0.3, 0.4) is 0 Å². The fraction of sp³-hybridized carbons (Fsp3) is 0.375. The van der Waals surface area contributed by atoms with Gasteiger partial charge < -0.3 is 15.0 Å². The maximum atomic E-state index is 12.2. The predicted octanol–water partition coefficient (Wildman–Crippen LogP) is 3.16. The zero-order chi connectivity index (χ0) is 16.1. The highest BCUT2D eigenvalue weighted by Gasteiger charge is 2.20. The fourth-order valence-electron chi connectivity index (χ4n) is 2.75. The van der Waals surface area contributed by atoms with Gasteiger partial charge in [0.1, 0.15) is 11.6 Å². The molecule has 23 heavy (non-hydrogen) atoms. The maximum absolute atomic E-state index is 12.2. The number of rotatable bonds is 5. The smallest absolute Gasteiger partial charge is 0.387 e. The fourth-order valence-corrected chi connectivity index (χ4v) is 2.75. The molecule has 122 valence electrons. The van der Waals surface area contributed by atoms with E-state index in [1.54, 1.807) is 30.7 Å². The molecule has 0 saturated carbocycles. The van der Waals surface area contributed by atoms with E-state index in [1.165, 1.54) is 0 Å². The van der Waals surface area contributed by atoms with Gasteiger partial charge in [-0.1, -0.05) is 0 Å². The first kappa shape index (κ1) is 15.5. The molecule has 1 aliphatic heterocycles. The summed E-state index contributed by atoms with van der Waals surface area (Å²) >= 11 is 0. The van der Waals surface area contributed by atoms with E-state index in [0.29, 0.717) is 0 Å². The Hall–Kier alpha value is -2.44. The Kier molecular flexibility index (Phi) is 4.85. The molecule has 0 spiro atoms. The number of hydrogen-bond donors (Lipinski definition) is 1. The molecule has 0 aliphatic carbocycles. The number of piperidine rings is 1. The molecule has 0 bridgehead atoms. The second-order valence-electron chi connectivity index (χ2n) is 5.39. The van der Waals surface area contributed by atoms with E-state index in [9.17, 15) is 8.78 Å². The van der Waals surface area contributed by atoms with Crippen LogP contribution in [0.5, 0.6) is 5.75 Å². The average molecular weight is 320 g/mol. The number of aromatic nitrogens is 2. The molecule has 3 rings (SSSR count). The van der Waals surface area contributed by atoms with Crippen molar-refractivity contribution in [2.45, 2.75) is 25.5 Å². The lowest BCUT2D eigenvalue weighted by Crippen LogP contribution is -2.42. The number of halogens is 2. The molecule has 1 aliphatic rings. The summed E-state index contributed by atoms with van der Waals surface area (Å²) in [4.78, 5) is 10.5. The molecule has 1 unspecified atom stereocenters. The van der Waals surface area contributed by atoms with Crippen molar-refractivity contribution < 1.29 is 13.5 Å². The molecule has 0 radical (unpaired) electrons. The zero-order valence-electron chi connectivity index (χ0n) is 12.5. The molecule has 1 atom stereocenters. The number of hydrogen-bond acceptors (Lipinski definition) is 5. The second kappa shape index (κ2) is 7.21. The lowest BCUT2D eigenvalue weighted by molar-refractivity contribution is -0.0498. The van der Waals surface area contributed by atoms with Crippen LogP contribution in [0.15, 0.2) is 42.9 Å². The van der Waals surface area contributed by atoms with Gasteiger partial charge in [0.15, 0.2) is 0 Å². The Bertz CT molecular complexity index is 609. The van der Waals surface area contributed by atoms with Gasteiger partial charge in [0.25, 0.3) is 0 Å². The summed E-state index contributed by atoms with van der Waals surface area (Å²) < 4.78 is 28.7. The quantitative estimate of drug-likeness (QED) is 0.917. The van der Waals surface area contributed by atoms with Gasteiger partial charge >= 0.3 is 6.61 Å². The van der Waals surface area contributed by atoms with E-state index in [0.717, 1.165) is 37.4 Å². The largest absolute Gasteiger partial charge is 0.435 e. The Balaban J connectivity index is 1.61. The van der Waals surface area contributed by atoms with E-state index in [1.807, 2.05) is 12.1 Å². The molecule has 0 amide bonds. The van der Waals surface area contributed by atoms with Crippen molar-refractivity contribution in [1.29, 1.82) is 0 Å². The first-order valence-corrected chi connectivity index (χ1v) is 7.53. The highest BCUT2D eigenvalue weighted by molar-refractivity contribution is 5.50. The van der Waals surface area contributed by atoms with Gasteiger partial charge in [-0.15, -0.1) is 0 Å². The molecule has 1 fully saturated rings. The maximum Gasteiger partial charge on any atom is 0.387 e. The summed E-state index contributed by atoms with van der Waals surface area (Å²) in [7, 11) is 0. The van der Waals surface area contributed by atoms with Crippen LogP contribution in [-0.2, 0) is 0 Å². The molecule has 1 aromatic carbocycles. The second-order valence-corrected chi connectivity index (χ2v) is 5.39. The van der Waals surface area contributed by atoms with E-state index in [2.05, 4.69) is 24.9 Å². The summed E-state index contributed by atoms with van der Waals surface area (Å²) in [5.74, 6) is 0.940. The SMILES string of the molecule is FC(F)Oc1ccc(N2CCCC(Nc3cnccn3)C2)cc1. The Labute approximate surface area is 133 Å². The molecule has 1 aromatic heterocycles. The highest BCUT2D eigenvalue weighted by atomic mass is 19.3. The van der Waals surface area contributed by atoms with Crippen LogP contribution in [0.25, 0.3) is 0 Å². The van der Waals surface area contributed by atoms with Gasteiger partial charge in [-0.3, -0.25) is 4.98 Å². The number of nitrogens with zero attached hydrogens (tertiary/aromatic N) is 3. The standard InChI is InChI=1S/C16H18F2N4O/c17-16(18)23-14-5-3-13(4-6-14)22-9-1-2-12(11-22)21-15-10-19-7-8-20-15/h3-8,10,12,16H,1-2,9,11H2,(H,20,21). The molecular weight excluding hydrogens is 302 g/mol. The van der Waals surface area contributed by atoms with Crippen LogP contribution >= 0.6 is 0 Å². The van der Waals surface area contributed by atoms with Crippen LogP contribution in [-0.4, -0.2) is 35.7 Å². The average Bonchev–Trinajstić information content (AvgIpc) is 2.56. The Morgan fingerprint density at radius 2 is 2.04 bits per heavy atom. The Morgan fingerprint density at radius 1 is 1.22 bits per heavy atom. The summed E-state index contributed by atoms with van der Waals surface area (Å²) in [6.07, 6.45) is 7.11. The third kappa shape index (κ3) is 4.28. The third-order valence-electron chi connectivity index (χ3n) is 3.76. The molecular formula is C16H18F2N4O. The number of benzene rings is 1. The minimum absolute atomic E-state index is 0.176. The van der Waals surface area contributed by atoms with Crippen molar-refractivity contribution in [1.82, 2.24) is 9.97 Å². The number of anilines is 2. The Morgan fingerprint density at radius 3 is 2.74 bits per heavy atom. The van der Waals surface area contributed by atoms with Crippen molar-refractivity contribution in [3.05, 3.63) is 42.9 Å². The first-order valence-electron chi connectivity index (χ1n) is 7.53. The van der Waals surface area contributed by atoms with Gasteiger partial charge in [0.2, 0.25) is 0 Å². The highest BCUT2D eigenvalue weighted by Crippen LogP contribution is 2.24. The van der Waals surface area contributed by atoms with Crippen molar-refractivity contribution in [3.8, 4) is 5.75 Å². The van der Waals surface area contributed by atoms with E-state index < -0.39 is 6.61 Å². The number of alkyl halides is 2. The van der Waals surface area contributed by atoms with Crippen LogP contribution in [0.1, 0.15) is 12.8 Å². The number of ether oxygens (including phenoxy) is 1. The normalized spacial score (nSPS) is 18.0. The summed E-state index contributed by atoms with van der Waals surface area (Å²) in [6, 6.07) is 7.03. The minimum atomic E-state index is -2.80. The van der Waals surface area contributed by atoms with Crippen LogP contribution in [0, 0.1) is 0 Å². The molecule has 2 heterocycles. The number of nitrogens with one attached hydrogen (secondary N) is 1. The first-order chi connectivity index (χ1) is 11.2. The molecule has 7 heteroatoms. The van der Waals surface area contributed by atoms with Gasteiger partial charge in [0, 0.05) is 37.2 Å². The summed E-state index contributed by atoms with van der Waals surface area (Å²) in [5, 5.41) is 3.38. The molecule has 2 aromatic rings. The zero-order valence-corrected chi connectivity index (χ0v) is 12.5. The van der Waals surface area contributed by atoms with Crippen molar-refractivity contribution in [3.63, 3.8) is 0 Å². The monoisotopic (exact) mass is 320 g/mol. The topological polar surface area (TPSA) is 50.3 Å². The van der Waals surface area contributed by atoms with E-state index in [-0.39, 0.29) is 11.8 Å². The van der Waals surface area contributed by atoms with Crippen LogP contribution in [0.2, 0.25) is 0 Å². The van der Waals surface area contributed by atoms with Gasteiger partial charge in [-0.2, -0.15) is 8.78 Å². The third-order valence-corrected chi connectivity index (χ3v) is 3.76.